The number of methoxy groups -OCH3 is 1. The number of fused-ring (bicyclic) bond motifs is 1. The molecule has 0 atom stereocenters. The number of rotatable bonds is 4. The van der Waals surface area contributed by atoms with Gasteiger partial charge < -0.3 is 9.14 Å². The molecule has 0 aliphatic carbocycles. The topological polar surface area (TPSA) is 30.7 Å². The molecule has 5 heteroatoms. The summed E-state index contributed by atoms with van der Waals surface area (Å²) in [5, 5.41) is 1.82. The van der Waals surface area contributed by atoms with Gasteiger partial charge in [0.15, 0.2) is 0 Å². The first-order valence-corrected chi connectivity index (χ1v) is 8.38. The summed E-state index contributed by atoms with van der Waals surface area (Å²) in [6, 6.07) is 13.7. The molecule has 0 saturated heterocycles. The Kier molecular flexibility index (Phi) is 4.64. The minimum Gasteiger partial charge on any atom is -0.469 e. The smallest absolute Gasteiger partial charge is 0.310 e. The molecule has 118 valence electrons. The fourth-order valence-corrected chi connectivity index (χ4v) is 3.70. The average molecular weight is 346 g/mol. The number of hydrogen-bond donors (Lipinski definition) is 0. The van der Waals surface area contributed by atoms with Crippen LogP contribution in [-0.4, -0.2) is 17.5 Å². The second-order valence-electron chi connectivity index (χ2n) is 5.17. The number of nitrogens with zero attached hydrogens (tertiary/aromatic N) is 1. The average Bonchev–Trinajstić information content (AvgIpc) is 2.82. The van der Waals surface area contributed by atoms with E-state index in [4.69, 9.17) is 16.3 Å². The maximum Gasteiger partial charge on any atom is 0.310 e. The van der Waals surface area contributed by atoms with Crippen molar-refractivity contribution >= 4 is 34.8 Å². The van der Waals surface area contributed by atoms with Gasteiger partial charge in [0, 0.05) is 16.1 Å². The molecule has 1 aromatic carbocycles. The van der Waals surface area contributed by atoms with Crippen molar-refractivity contribution in [3.63, 3.8) is 0 Å². The van der Waals surface area contributed by atoms with Gasteiger partial charge in [-0.1, -0.05) is 29.4 Å². The third-order valence-corrected chi connectivity index (χ3v) is 5.19. The lowest BCUT2D eigenvalue weighted by atomic mass is 10.1. The summed E-state index contributed by atoms with van der Waals surface area (Å²) in [5.74, 6) is -0.229. The van der Waals surface area contributed by atoms with Crippen molar-refractivity contribution in [3.05, 3.63) is 64.8 Å². The third kappa shape index (κ3) is 3.23. The molecule has 2 heterocycles. The second kappa shape index (κ2) is 6.69. The second-order valence-corrected chi connectivity index (χ2v) is 6.67. The van der Waals surface area contributed by atoms with Crippen LogP contribution in [-0.2, 0) is 16.0 Å². The number of ether oxygens (including phenoxy) is 1. The molecule has 0 bridgehead atoms. The number of benzene rings is 1. The van der Waals surface area contributed by atoms with Gasteiger partial charge in [0.25, 0.3) is 0 Å². The Morgan fingerprint density at radius 1 is 1.22 bits per heavy atom. The zero-order valence-electron chi connectivity index (χ0n) is 12.9. The van der Waals surface area contributed by atoms with E-state index in [1.54, 1.807) is 11.8 Å². The Morgan fingerprint density at radius 2 is 1.96 bits per heavy atom. The Labute approximate surface area is 144 Å². The number of carbonyl (C=O) groups excluding carboxylic acids is 1. The minimum absolute atomic E-state index is 0.229. The summed E-state index contributed by atoms with van der Waals surface area (Å²) >= 11 is 7.61. The quantitative estimate of drug-likeness (QED) is 0.638. The molecular formula is C18H16ClNO2S. The minimum atomic E-state index is -0.229. The summed E-state index contributed by atoms with van der Waals surface area (Å²) in [6.45, 7) is 2.05. The van der Waals surface area contributed by atoms with Crippen molar-refractivity contribution < 1.29 is 9.53 Å². The van der Waals surface area contributed by atoms with E-state index in [0.29, 0.717) is 0 Å². The van der Waals surface area contributed by atoms with Gasteiger partial charge in [-0.15, -0.1) is 0 Å². The fourth-order valence-electron chi connectivity index (χ4n) is 2.55. The maximum atomic E-state index is 11.7. The first-order chi connectivity index (χ1) is 11.1. The summed E-state index contributed by atoms with van der Waals surface area (Å²) in [5.41, 5.74) is 3.14. The summed E-state index contributed by atoms with van der Waals surface area (Å²) < 4.78 is 6.95. The SMILES string of the molecule is COC(=O)Cc1c(C)c(Sc2ccc(Cl)cc2)n2ccccc12. The van der Waals surface area contributed by atoms with E-state index in [9.17, 15) is 4.79 Å². The zero-order valence-corrected chi connectivity index (χ0v) is 14.4. The van der Waals surface area contributed by atoms with Crippen molar-refractivity contribution in [1.82, 2.24) is 4.40 Å². The molecule has 0 aliphatic rings. The van der Waals surface area contributed by atoms with Crippen LogP contribution in [0.1, 0.15) is 11.1 Å². The van der Waals surface area contributed by atoms with E-state index in [-0.39, 0.29) is 12.4 Å². The van der Waals surface area contributed by atoms with Crippen molar-refractivity contribution in [2.24, 2.45) is 0 Å². The predicted molar refractivity (Wildman–Crippen MR) is 93.4 cm³/mol. The third-order valence-electron chi connectivity index (χ3n) is 3.74. The predicted octanol–water partition coefficient (Wildman–Crippen LogP) is 4.77. The van der Waals surface area contributed by atoms with Crippen LogP contribution in [0.3, 0.4) is 0 Å². The van der Waals surface area contributed by atoms with Gasteiger partial charge >= 0.3 is 5.97 Å². The molecule has 2 aromatic heterocycles. The van der Waals surface area contributed by atoms with Crippen LogP contribution < -0.4 is 0 Å². The lowest BCUT2D eigenvalue weighted by Crippen LogP contribution is -2.05. The van der Waals surface area contributed by atoms with Crippen molar-refractivity contribution in [2.45, 2.75) is 23.3 Å². The number of halogens is 1. The molecule has 3 rings (SSSR count). The van der Waals surface area contributed by atoms with E-state index in [1.807, 2.05) is 55.6 Å². The van der Waals surface area contributed by atoms with Crippen molar-refractivity contribution in [3.8, 4) is 0 Å². The van der Waals surface area contributed by atoms with E-state index < -0.39 is 0 Å². The van der Waals surface area contributed by atoms with Gasteiger partial charge in [-0.3, -0.25) is 4.79 Å². The van der Waals surface area contributed by atoms with Crippen molar-refractivity contribution in [1.29, 1.82) is 0 Å². The molecule has 23 heavy (non-hydrogen) atoms. The number of aromatic nitrogens is 1. The van der Waals surface area contributed by atoms with Crippen LogP contribution in [0.25, 0.3) is 5.52 Å². The van der Waals surface area contributed by atoms with Crippen LogP contribution in [0.5, 0.6) is 0 Å². The first-order valence-electron chi connectivity index (χ1n) is 7.19. The highest BCUT2D eigenvalue weighted by molar-refractivity contribution is 7.99. The summed E-state index contributed by atoms with van der Waals surface area (Å²) in [7, 11) is 1.42. The highest BCUT2D eigenvalue weighted by Gasteiger charge is 2.18. The van der Waals surface area contributed by atoms with E-state index >= 15 is 0 Å². The highest BCUT2D eigenvalue weighted by atomic mass is 35.5. The van der Waals surface area contributed by atoms with Crippen LogP contribution in [0.2, 0.25) is 5.02 Å². The first kappa shape index (κ1) is 16.0. The monoisotopic (exact) mass is 345 g/mol. The Bertz CT molecular complexity index is 855. The molecule has 0 amide bonds. The summed E-state index contributed by atoms with van der Waals surface area (Å²) in [6.07, 6.45) is 2.29. The van der Waals surface area contributed by atoms with Gasteiger partial charge in [0.1, 0.15) is 0 Å². The van der Waals surface area contributed by atoms with Crippen LogP contribution >= 0.6 is 23.4 Å². The zero-order chi connectivity index (χ0) is 16.4. The molecule has 3 nitrogen and oxygen atoms in total. The molecule has 0 aliphatic heterocycles. The molecule has 0 unspecified atom stereocenters. The number of carbonyl (C=O) groups is 1. The van der Waals surface area contributed by atoms with Crippen LogP contribution in [0.15, 0.2) is 58.6 Å². The molecule has 0 N–H and O–H groups in total. The van der Waals surface area contributed by atoms with Crippen molar-refractivity contribution in [2.75, 3.05) is 7.11 Å². The Morgan fingerprint density at radius 3 is 2.65 bits per heavy atom. The number of hydrogen-bond acceptors (Lipinski definition) is 3. The van der Waals surface area contributed by atoms with Gasteiger partial charge in [0.2, 0.25) is 0 Å². The molecule has 0 fully saturated rings. The number of pyridine rings is 1. The van der Waals surface area contributed by atoms with Crippen LogP contribution in [0.4, 0.5) is 0 Å². The summed E-state index contributed by atoms with van der Waals surface area (Å²) in [4.78, 5) is 12.8. The molecule has 3 aromatic rings. The van der Waals surface area contributed by atoms with Gasteiger partial charge in [0.05, 0.1) is 24.1 Å². The molecule has 0 saturated carbocycles. The molecular weight excluding hydrogens is 330 g/mol. The maximum absolute atomic E-state index is 11.7. The Hall–Kier alpha value is -1.91. The lowest BCUT2D eigenvalue weighted by Gasteiger charge is -2.04. The van der Waals surface area contributed by atoms with Crippen LogP contribution in [0, 0.1) is 6.92 Å². The fraction of sp³-hybridized carbons (Fsp3) is 0.167. The van der Waals surface area contributed by atoms with E-state index in [1.165, 1.54) is 7.11 Å². The molecule has 0 radical (unpaired) electrons. The molecule has 0 spiro atoms. The largest absolute Gasteiger partial charge is 0.469 e. The highest BCUT2D eigenvalue weighted by Crippen LogP contribution is 2.36. The normalized spacial score (nSPS) is 10.9. The van der Waals surface area contributed by atoms with Gasteiger partial charge in [-0.05, 0) is 54.4 Å². The number of esters is 1. The van der Waals surface area contributed by atoms with E-state index in [2.05, 4.69) is 4.40 Å². The Balaban J connectivity index is 2.07. The van der Waals surface area contributed by atoms with Gasteiger partial charge in [-0.25, -0.2) is 0 Å². The lowest BCUT2D eigenvalue weighted by molar-refractivity contribution is -0.139. The van der Waals surface area contributed by atoms with Gasteiger partial charge in [-0.2, -0.15) is 0 Å². The van der Waals surface area contributed by atoms with E-state index in [0.717, 1.165) is 31.6 Å². The standard InChI is InChI=1S/C18H16ClNO2S/c1-12-15(11-17(21)22-2)16-5-3-4-10-20(16)18(12)23-14-8-6-13(19)7-9-14/h3-10H,11H2,1-2H3.